The number of halogens is 3. The summed E-state index contributed by atoms with van der Waals surface area (Å²) in [4.78, 5) is 14.3. The number of anilines is 1. The van der Waals surface area contributed by atoms with E-state index in [1.165, 1.54) is 11.0 Å². The Morgan fingerprint density at radius 2 is 1.79 bits per heavy atom. The molecule has 4 nitrogen and oxygen atoms in total. The first-order valence-corrected chi connectivity index (χ1v) is 9.26. The van der Waals surface area contributed by atoms with Gasteiger partial charge in [-0.3, -0.25) is 4.79 Å². The second-order valence-electron chi connectivity index (χ2n) is 6.45. The van der Waals surface area contributed by atoms with Crippen LogP contribution in [0.5, 0.6) is 0 Å². The summed E-state index contributed by atoms with van der Waals surface area (Å²) in [5.74, 6) is -2.13. The quantitative estimate of drug-likeness (QED) is 0.600. The van der Waals surface area contributed by atoms with Gasteiger partial charge in [-0.25, -0.2) is 13.5 Å². The number of carbonyl (C=O) groups is 1. The number of carbonyl (C=O) groups excluding carboxylic acids is 1. The van der Waals surface area contributed by atoms with Gasteiger partial charge in [0.2, 0.25) is 5.91 Å². The van der Waals surface area contributed by atoms with Crippen molar-refractivity contribution in [1.29, 1.82) is 0 Å². The van der Waals surface area contributed by atoms with E-state index in [4.69, 9.17) is 11.6 Å². The number of nitrogens with zero attached hydrogens (tertiary/aromatic N) is 3. The second kappa shape index (κ2) is 8.10. The lowest BCUT2D eigenvalue weighted by Gasteiger charge is -2.21. The topological polar surface area (TPSA) is 38.1 Å². The highest BCUT2D eigenvalue weighted by Gasteiger charge is 2.21. The lowest BCUT2D eigenvalue weighted by molar-refractivity contribution is -0.118. The Bertz CT molecular complexity index is 1020. The van der Waals surface area contributed by atoms with Gasteiger partial charge in [-0.05, 0) is 57.2 Å². The Kier molecular flexibility index (Phi) is 5.79. The Morgan fingerprint density at radius 3 is 2.39 bits per heavy atom. The van der Waals surface area contributed by atoms with Crippen LogP contribution in [0.2, 0.25) is 5.02 Å². The predicted octanol–water partition coefficient (Wildman–Crippen LogP) is 5.02. The van der Waals surface area contributed by atoms with E-state index in [0.29, 0.717) is 17.3 Å². The average molecular weight is 404 g/mol. The van der Waals surface area contributed by atoms with Crippen LogP contribution in [-0.2, 0) is 11.2 Å². The highest BCUT2D eigenvalue weighted by Crippen LogP contribution is 2.23. The van der Waals surface area contributed by atoms with Crippen molar-refractivity contribution in [2.24, 2.45) is 0 Å². The van der Waals surface area contributed by atoms with Crippen LogP contribution in [0.25, 0.3) is 5.69 Å². The van der Waals surface area contributed by atoms with Crippen LogP contribution in [0.15, 0.2) is 42.5 Å². The first kappa shape index (κ1) is 20.0. The summed E-state index contributed by atoms with van der Waals surface area (Å²) in [5.41, 5.74) is 3.56. The van der Waals surface area contributed by atoms with Gasteiger partial charge in [0, 0.05) is 34.6 Å². The molecule has 146 valence electrons. The molecular formula is C21H20ClF2N3O. The van der Waals surface area contributed by atoms with Crippen molar-refractivity contribution in [2.45, 2.75) is 27.2 Å². The lowest BCUT2D eigenvalue weighted by atomic mass is 10.1. The number of aromatic nitrogens is 2. The van der Waals surface area contributed by atoms with Gasteiger partial charge in [0.1, 0.15) is 0 Å². The molecule has 3 aromatic rings. The van der Waals surface area contributed by atoms with Crippen LogP contribution in [-0.4, -0.2) is 22.2 Å². The van der Waals surface area contributed by atoms with Gasteiger partial charge < -0.3 is 4.90 Å². The molecule has 0 unspecified atom stereocenters. The molecule has 0 bridgehead atoms. The minimum Gasteiger partial charge on any atom is -0.312 e. The van der Waals surface area contributed by atoms with Crippen molar-refractivity contribution in [3.05, 3.63) is 76.1 Å². The Labute approximate surface area is 167 Å². The van der Waals surface area contributed by atoms with Gasteiger partial charge in [-0.2, -0.15) is 5.10 Å². The fraction of sp³-hybridized carbons (Fsp3) is 0.238. The van der Waals surface area contributed by atoms with E-state index in [0.717, 1.165) is 34.8 Å². The molecule has 1 amide bonds. The van der Waals surface area contributed by atoms with Crippen LogP contribution < -0.4 is 4.90 Å². The summed E-state index contributed by atoms with van der Waals surface area (Å²) in [6.07, 6.45) is 0.109. The summed E-state index contributed by atoms with van der Waals surface area (Å²) < 4.78 is 28.6. The average Bonchev–Trinajstić information content (AvgIpc) is 2.94. The standard InChI is InChI=1S/C21H20ClF2N3O/c1-4-26(17-9-10-19(23)20(24)11-17)21(28)12-18-13(2)25-27(14(18)3)16-7-5-15(22)6-8-16/h5-11H,4,12H2,1-3H3. The molecule has 0 fully saturated rings. The van der Waals surface area contributed by atoms with Crippen molar-refractivity contribution in [1.82, 2.24) is 9.78 Å². The number of rotatable bonds is 5. The third kappa shape index (κ3) is 3.92. The van der Waals surface area contributed by atoms with E-state index in [1.54, 1.807) is 23.7 Å². The van der Waals surface area contributed by atoms with Crippen molar-refractivity contribution >= 4 is 23.2 Å². The molecule has 3 rings (SSSR count). The molecule has 2 aromatic carbocycles. The van der Waals surface area contributed by atoms with E-state index >= 15 is 0 Å². The molecular weight excluding hydrogens is 384 g/mol. The largest absolute Gasteiger partial charge is 0.312 e. The van der Waals surface area contributed by atoms with Gasteiger partial charge in [0.15, 0.2) is 11.6 Å². The fourth-order valence-electron chi connectivity index (χ4n) is 3.17. The molecule has 0 N–H and O–H groups in total. The van der Waals surface area contributed by atoms with E-state index in [2.05, 4.69) is 5.10 Å². The third-order valence-corrected chi connectivity index (χ3v) is 4.92. The molecule has 0 atom stereocenters. The minimum absolute atomic E-state index is 0.109. The van der Waals surface area contributed by atoms with Gasteiger partial charge in [0.05, 0.1) is 17.8 Å². The van der Waals surface area contributed by atoms with Gasteiger partial charge in [-0.1, -0.05) is 11.6 Å². The molecule has 0 saturated carbocycles. The van der Waals surface area contributed by atoms with Crippen LogP contribution in [0.4, 0.5) is 14.5 Å². The van der Waals surface area contributed by atoms with E-state index in [-0.39, 0.29) is 12.3 Å². The van der Waals surface area contributed by atoms with Crippen molar-refractivity contribution < 1.29 is 13.6 Å². The Morgan fingerprint density at radius 1 is 1.11 bits per heavy atom. The van der Waals surface area contributed by atoms with Gasteiger partial charge in [-0.15, -0.1) is 0 Å². The molecule has 28 heavy (non-hydrogen) atoms. The maximum Gasteiger partial charge on any atom is 0.231 e. The maximum absolute atomic E-state index is 13.6. The number of benzene rings is 2. The number of hydrogen-bond donors (Lipinski definition) is 0. The Balaban J connectivity index is 1.89. The molecule has 7 heteroatoms. The summed E-state index contributed by atoms with van der Waals surface area (Å²) in [7, 11) is 0. The van der Waals surface area contributed by atoms with Crippen LogP contribution in [0.3, 0.4) is 0 Å². The minimum atomic E-state index is -0.980. The number of amides is 1. The predicted molar refractivity (Wildman–Crippen MR) is 106 cm³/mol. The Hall–Kier alpha value is -2.73. The van der Waals surface area contributed by atoms with Crippen molar-refractivity contribution in [3.63, 3.8) is 0 Å². The van der Waals surface area contributed by atoms with Crippen molar-refractivity contribution in [3.8, 4) is 5.69 Å². The zero-order valence-electron chi connectivity index (χ0n) is 15.8. The summed E-state index contributed by atoms with van der Waals surface area (Å²) >= 11 is 5.94. The summed E-state index contributed by atoms with van der Waals surface area (Å²) in [6, 6.07) is 10.7. The van der Waals surface area contributed by atoms with E-state index < -0.39 is 11.6 Å². The summed E-state index contributed by atoms with van der Waals surface area (Å²) in [6.45, 7) is 5.87. The molecule has 1 aromatic heterocycles. The van der Waals surface area contributed by atoms with Crippen LogP contribution in [0.1, 0.15) is 23.9 Å². The maximum atomic E-state index is 13.6. The molecule has 0 radical (unpaired) electrons. The zero-order chi connectivity index (χ0) is 20.4. The third-order valence-electron chi connectivity index (χ3n) is 4.67. The van der Waals surface area contributed by atoms with Crippen LogP contribution >= 0.6 is 11.6 Å². The number of hydrogen-bond acceptors (Lipinski definition) is 2. The highest BCUT2D eigenvalue weighted by molar-refractivity contribution is 6.30. The van der Waals surface area contributed by atoms with Crippen LogP contribution in [0, 0.1) is 25.5 Å². The first-order valence-electron chi connectivity index (χ1n) is 8.88. The highest BCUT2D eigenvalue weighted by atomic mass is 35.5. The van der Waals surface area contributed by atoms with Gasteiger partial charge in [0.25, 0.3) is 0 Å². The smallest absolute Gasteiger partial charge is 0.231 e. The normalized spacial score (nSPS) is 10.9. The number of likely N-dealkylation sites (N-methyl/N-ethyl adjacent to an activating group) is 1. The second-order valence-corrected chi connectivity index (χ2v) is 6.89. The lowest BCUT2D eigenvalue weighted by Crippen LogP contribution is -2.32. The van der Waals surface area contributed by atoms with E-state index in [9.17, 15) is 13.6 Å². The molecule has 0 spiro atoms. The molecule has 0 aliphatic heterocycles. The first-order chi connectivity index (χ1) is 13.3. The van der Waals surface area contributed by atoms with E-state index in [1.807, 2.05) is 26.0 Å². The zero-order valence-corrected chi connectivity index (χ0v) is 16.6. The SMILES string of the molecule is CCN(C(=O)Cc1c(C)nn(-c2ccc(Cl)cc2)c1C)c1ccc(F)c(F)c1. The molecule has 0 aliphatic carbocycles. The number of aryl methyl sites for hydroxylation is 1. The van der Waals surface area contributed by atoms with Crippen molar-refractivity contribution in [2.75, 3.05) is 11.4 Å². The summed E-state index contributed by atoms with van der Waals surface area (Å²) in [5, 5.41) is 5.17. The monoisotopic (exact) mass is 403 g/mol. The molecule has 0 aliphatic rings. The molecule has 1 heterocycles. The fourth-order valence-corrected chi connectivity index (χ4v) is 3.29. The molecule has 0 saturated heterocycles. The van der Waals surface area contributed by atoms with Gasteiger partial charge >= 0.3 is 0 Å².